The first-order chi connectivity index (χ1) is 14.5. The molecule has 2 N–H and O–H groups in total. The van der Waals surface area contributed by atoms with E-state index >= 15 is 0 Å². The number of hydrogen-bond acceptors (Lipinski definition) is 6. The average Bonchev–Trinajstić information content (AvgIpc) is 3.43. The molecule has 4 rings (SSSR count). The number of aliphatic hydroxyl groups is 2. The van der Waals surface area contributed by atoms with E-state index in [1.165, 1.54) is 19.4 Å². The van der Waals surface area contributed by atoms with Crippen molar-refractivity contribution < 1.29 is 29.3 Å². The summed E-state index contributed by atoms with van der Waals surface area (Å²) >= 11 is 3.64. The van der Waals surface area contributed by atoms with Crippen molar-refractivity contribution in [3.8, 4) is 0 Å². The fraction of sp³-hybridized carbons (Fsp3) is 0.833. The molecule has 6 nitrogen and oxygen atoms in total. The highest BCUT2D eigenvalue weighted by Gasteiger charge is 2.73. The molecule has 174 valence electrons. The second-order valence-corrected chi connectivity index (χ2v) is 12.0. The van der Waals surface area contributed by atoms with Gasteiger partial charge in [0.25, 0.3) is 0 Å². The van der Waals surface area contributed by atoms with E-state index in [1.54, 1.807) is 0 Å². The van der Waals surface area contributed by atoms with Gasteiger partial charge in [-0.25, -0.2) is 0 Å². The van der Waals surface area contributed by atoms with Gasteiger partial charge in [-0.3, -0.25) is 9.59 Å². The van der Waals surface area contributed by atoms with Crippen molar-refractivity contribution >= 4 is 27.9 Å². The van der Waals surface area contributed by atoms with Gasteiger partial charge < -0.3 is 19.7 Å². The zero-order chi connectivity index (χ0) is 22.8. The monoisotopic (exact) mass is 498 g/mol. The van der Waals surface area contributed by atoms with Gasteiger partial charge in [0.2, 0.25) is 0 Å². The van der Waals surface area contributed by atoms with Crippen LogP contribution in [0.25, 0.3) is 0 Å². The quantitative estimate of drug-likeness (QED) is 0.342. The largest absolute Gasteiger partial charge is 0.465 e. The van der Waals surface area contributed by atoms with Crippen LogP contribution in [0.15, 0.2) is 11.6 Å². The van der Waals surface area contributed by atoms with Crippen LogP contribution in [0.4, 0.5) is 0 Å². The fourth-order valence-corrected chi connectivity index (χ4v) is 7.69. The number of carbonyl (C=O) groups is 2. The second kappa shape index (κ2) is 7.84. The lowest BCUT2D eigenvalue weighted by molar-refractivity contribution is -0.162. The molecule has 0 heterocycles. The third-order valence-corrected chi connectivity index (χ3v) is 10.4. The molecule has 0 aromatic rings. The van der Waals surface area contributed by atoms with Gasteiger partial charge in [-0.05, 0) is 48.9 Å². The van der Waals surface area contributed by atoms with Gasteiger partial charge in [0.05, 0.1) is 19.3 Å². The van der Waals surface area contributed by atoms with E-state index in [0.29, 0.717) is 13.0 Å². The van der Waals surface area contributed by atoms with Crippen molar-refractivity contribution in [1.29, 1.82) is 0 Å². The Morgan fingerprint density at radius 1 is 1.23 bits per heavy atom. The summed E-state index contributed by atoms with van der Waals surface area (Å²) in [5.74, 6) is -0.205. The van der Waals surface area contributed by atoms with Gasteiger partial charge >= 0.3 is 11.9 Å². The van der Waals surface area contributed by atoms with Crippen LogP contribution in [-0.2, 0) is 19.1 Å². The Morgan fingerprint density at radius 2 is 1.94 bits per heavy atom. The van der Waals surface area contributed by atoms with Crippen molar-refractivity contribution in [2.24, 2.45) is 34.0 Å². The number of aliphatic hydroxyl groups excluding tert-OH is 2. The lowest BCUT2D eigenvalue weighted by Crippen LogP contribution is -2.56. The molecule has 3 fully saturated rings. The maximum absolute atomic E-state index is 11.8. The maximum atomic E-state index is 11.8. The molecule has 0 radical (unpaired) electrons. The number of esters is 2. The van der Waals surface area contributed by atoms with E-state index < -0.39 is 6.10 Å². The average molecular weight is 499 g/mol. The maximum Gasteiger partial charge on any atom is 0.302 e. The van der Waals surface area contributed by atoms with Crippen molar-refractivity contribution in [3.63, 3.8) is 0 Å². The summed E-state index contributed by atoms with van der Waals surface area (Å²) in [6, 6.07) is 0. The van der Waals surface area contributed by atoms with Crippen molar-refractivity contribution in [2.75, 3.05) is 13.2 Å². The number of hydrogen-bond donors (Lipinski definition) is 2. The minimum atomic E-state index is -0.469. The minimum absolute atomic E-state index is 0.0191. The fourth-order valence-electron chi connectivity index (χ4n) is 7.32. The van der Waals surface area contributed by atoms with Crippen LogP contribution >= 0.6 is 15.9 Å². The molecule has 0 spiro atoms. The Kier molecular flexibility index (Phi) is 5.88. The van der Waals surface area contributed by atoms with Gasteiger partial charge in [0.15, 0.2) is 0 Å². The van der Waals surface area contributed by atoms with Crippen molar-refractivity contribution in [2.45, 2.75) is 76.8 Å². The highest BCUT2D eigenvalue weighted by Crippen LogP contribution is 2.74. The molecule has 4 aliphatic carbocycles. The molecule has 0 amide bonds. The van der Waals surface area contributed by atoms with E-state index in [-0.39, 0.29) is 63.5 Å². The molecule has 0 bridgehead atoms. The highest BCUT2D eigenvalue weighted by molar-refractivity contribution is 9.09. The first-order valence-electron chi connectivity index (χ1n) is 11.4. The summed E-state index contributed by atoms with van der Waals surface area (Å²) in [5.41, 5.74) is 0.666. The Morgan fingerprint density at radius 3 is 2.55 bits per heavy atom. The predicted molar refractivity (Wildman–Crippen MR) is 118 cm³/mol. The van der Waals surface area contributed by atoms with Crippen LogP contribution < -0.4 is 0 Å². The molecular formula is C24H35BrO6. The Bertz CT molecular complexity index is 797. The second-order valence-electron chi connectivity index (χ2n) is 10.9. The molecule has 0 saturated heterocycles. The van der Waals surface area contributed by atoms with Crippen LogP contribution in [0, 0.1) is 34.0 Å². The van der Waals surface area contributed by atoms with Crippen LogP contribution in [0.1, 0.15) is 59.8 Å². The molecule has 7 heteroatoms. The molecule has 3 saturated carbocycles. The van der Waals surface area contributed by atoms with Crippen molar-refractivity contribution in [3.05, 3.63) is 11.6 Å². The Balaban J connectivity index is 1.71. The molecule has 0 unspecified atom stereocenters. The van der Waals surface area contributed by atoms with Gasteiger partial charge in [-0.2, -0.15) is 0 Å². The number of allylic oxidation sites excluding steroid dienone is 1. The van der Waals surface area contributed by atoms with Gasteiger partial charge in [0.1, 0.15) is 6.10 Å². The molecule has 0 aromatic carbocycles. The van der Waals surface area contributed by atoms with E-state index in [4.69, 9.17) is 9.47 Å². The van der Waals surface area contributed by atoms with Crippen LogP contribution in [-0.4, -0.2) is 52.4 Å². The lowest BCUT2D eigenvalue weighted by atomic mass is 9.48. The minimum Gasteiger partial charge on any atom is -0.465 e. The van der Waals surface area contributed by atoms with E-state index in [1.807, 2.05) is 0 Å². The number of ether oxygens (including phenoxy) is 2. The zero-order valence-electron chi connectivity index (χ0n) is 18.9. The van der Waals surface area contributed by atoms with E-state index in [2.05, 4.69) is 35.9 Å². The first-order valence-corrected chi connectivity index (χ1v) is 12.3. The van der Waals surface area contributed by atoms with Gasteiger partial charge in [0, 0.05) is 35.9 Å². The molecule has 31 heavy (non-hydrogen) atoms. The van der Waals surface area contributed by atoms with E-state index in [0.717, 1.165) is 25.7 Å². The Labute approximate surface area is 192 Å². The number of carbonyl (C=O) groups excluding carboxylic acids is 2. The number of alkyl halides is 1. The van der Waals surface area contributed by atoms with Crippen molar-refractivity contribution in [1.82, 2.24) is 0 Å². The summed E-state index contributed by atoms with van der Waals surface area (Å²) in [7, 11) is 0. The van der Waals surface area contributed by atoms with Gasteiger partial charge in [-0.15, -0.1) is 0 Å². The summed E-state index contributed by atoms with van der Waals surface area (Å²) in [4.78, 5) is 23.4. The molecule has 9 atom stereocenters. The standard InChI is InChI=1S/C24H35BrO6/c1-13(27)30-12-24-9-17(24)19(31-14(2)28)10-23(4)16-5-6-22(3,21(25)11-26)8-15(16)18(29)7-20(23)24/h5,15,17-21,26,29H,6-12H2,1-4H3/t15-,17+,18-,19-,20+,21+,22+,23+,24-/m1/s1. The number of rotatable bonds is 5. The summed E-state index contributed by atoms with van der Waals surface area (Å²) in [6.07, 6.45) is 5.50. The third-order valence-electron chi connectivity index (χ3n) is 8.97. The smallest absolute Gasteiger partial charge is 0.302 e. The molecule has 4 aliphatic rings. The van der Waals surface area contributed by atoms with E-state index in [9.17, 15) is 19.8 Å². The first kappa shape index (κ1) is 23.2. The normalized spacial score (nSPS) is 46.5. The molecule has 0 aliphatic heterocycles. The summed E-state index contributed by atoms with van der Waals surface area (Å²) < 4.78 is 11.3. The predicted octanol–water partition coefficient (Wildman–Crippen LogP) is 3.38. The van der Waals surface area contributed by atoms with Crippen LogP contribution in [0.2, 0.25) is 0 Å². The zero-order valence-corrected chi connectivity index (χ0v) is 20.5. The number of halogens is 1. The summed E-state index contributed by atoms with van der Waals surface area (Å²) in [6.45, 7) is 7.68. The topological polar surface area (TPSA) is 93.1 Å². The third kappa shape index (κ3) is 3.68. The van der Waals surface area contributed by atoms with Crippen LogP contribution in [0.3, 0.4) is 0 Å². The SMILES string of the molecule is CC(=O)OC[C@]12C[C@H]1[C@H](OC(C)=O)C[C@@]1(C)C3=CC[C@](C)([C@@H](Br)CO)C[C@H]3[C@H](O)C[C@H]21. The highest BCUT2D eigenvalue weighted by atomic mass is 79.9. The summed E-state index contributed by atoms with van der Waals surface area (Å²) in [5, 5.41) is 21.0. The molecule has 0 aromatic heterocycles. The van der Waals surface area contributed by atoms with Gasteiger partial charge in [-0.1, -0.05) is 41.4 Å². The number of fused-ring (bicyclic) bond motifs is 5. The van der Waals surface area contributed by atoms with Crippen LogP contribution in [0.5, 0.6) is 0 Å². The Hall–Kier alpha value is -0.920. The lowest BCUT2D eigenvalue weighted by Gasteiger charge is -2.58. The molecular weight excluding hydrogens is 464 g/mol.